The topological polar surface area (TPSA) is 71.3 Å². The van der Waals surface area contributed by atoms with Crippen LogP contribution in [0.25, 0.3) is 10.9 Å². The van der Waals surface area contributed by atoms with Crippen molar-refractivity contribution in [3.8, 4) is 0 Å². The molecular formula is C24H27N3O2. The summed E-state index contributed by atoms with van der Waals surface area (Å²) in [6, 6.07) is 16.2. The Morgan fingerprint density at radius 2 is 1.93 bits per heavy atom. The van der Waals surface area contributed by atoms with Gasteiger partial charge in [0.05, 0.1) is 0 Å². The van der Waals surface area contributed by atoms with Crippen molar-refractivity contribution >= 4 is 16.8 Å². The van der Waals surface area contributed by atoms with Crippen LogP contribution in [-0.4, -0.2) is 36.0 Å². The second-order valence-corrected chi connectivity index (χ2v) is 8.47. The van der Waals surface area contributed by atoms with Crippen LogP contribution in [0.5, 0.6) is 0 Å². The number of ether oxygens (including phenoxy) is 1. The van der Waals surface area contributed by atoms with Crippen LogP contribution >= 0.6 is 0 Å². The first-order valence-electron chi connectivity index (χ1n) is 10.3. The van der Waals surface area contributed by atoms with Gasteiger partial charge in [0.1, 0.15) is 5.60 Å². The van der Waals surface area contributed by atoms with Crippen LogP contribution in [0.3, 0.4) is 0 Å². The van der Waals surface area contributed by atoms with Gasteiger partial charge in [-0.1, -0.05) is 30.3 Å². The fraction of sp³-hybridized carbons (Fsp3) is 0.375. The van der Waals surface area contributed by atoms with E-state index in [-0.39, 0.29) is 11.5 Å². The molecule has 29 heavy (non-hydrogen) atoms. The van der Waals surface area contributed by atoms with E-state index in [1.165, 1.54) is 16.5 Å². The Morgan fingerprint density at radius 1 is 1.17 bits per heavy atom. The van der Waals surface area contributed by atoms with E-state index in [2.05, 4.69) is 46.4 Å². The minimum atomic E-state index is -0.387. The Bertz CT molecular complexity index is 1040. The Morgan fingerprint density at radius 3 is 2.66 bits per heavy atom. The lowest BCUT2D eigenvalue weighted by atomic mass is 9.74. The van der Waals surface area contributed by atoms with E-state index in [0.29, 0.717) is 17.4 Å². The van der Waals surface area contributed by atoms with Crippen molar-refractivity contribution in [2.75, 3.05) is 20.2 Å². The van der Waals surface area contributed by atoms with Gasteiger partial charge in [-0.15, -0.1) is 0 Å². The van der Waals surface area contributed by atoms with E-state index in [4.69, 9.17) is 10.5 Å². The number of primary amides is 1. The molecule has 2 atom stereocenters. The molecule has 1 amide bonds. The molecule has 5 rings (SSSR count). The third-order valence-electron chi connectivity index (χ3n) is 7.04. The monoisotopic (exact) mass is 389 g/mol. The second-order valence-electron chi connectivity index (χ2n) is 8.47. The molecule has 0 spiro atoms. The molecule has 2 bridgehead atoms. The highest BCUT2D eigenvalue weighted by atomic mass is 16.5. The number of nitrogens with two attached hydrogens (primary N) is 1. The quantitative estimate of drug-likeness (QED) is 0.700. The van der Waals surface area contributed by atoms with Crippen molar-refractivity contribution in [2.24, 2.45) is 17.6 Å². The minimum Gasteiger partial charge on any atom is -0.373 e. The molecular weight excluding hydrogens is 362 g/mol. The average molecular weight is 389 g/mol. The number of amides is 1. The first-order chi connectivity index (χ1) is 14.1. The number of likely N-dealkylation sites (tertiary alicyclic amines) is 1. The predicted octanol–water partition coefficient (Wildman–Crippen LogP) is 3.65. The summed E-state index contributed by atoms with van der Waals surface area (Å²) < 4.78 is 6.26. The molecule has 5 heteroatoms. The number of methoxy groups -OCH3 is 1. The maximum Gasteiger partial charge on any atom is 0.248 e. The van der Waals surface area contributed by atoms with Gasteiger partial charge in [-0.25, -0.2) is 0 Å². The molecule has 3 aromatic rings. The van der Waals surface area contributed by atoms with E-state index in [0.717, 1.165) is 38.0 Å². The van der Waals surface area contributed by atoms with Gasteiger partial charge in [0, 0.05) is 61.2 Å². The predicted molar refractivity (Wildman–Crippen MR) is 113 cm³/mol. The Labute approximate surface area is 170 Å². The Kier molecular flexibility index (Phi) is 4.45. The van der Waals surface area contributed by atoms with E-state index < -0.39 is 0 Å². The minimum absolute atomic E-state index is 0.331. The molecule has 2 unspecified atom stereocenters. The number of piperidine rings is 1. The number of H-pyrrole nitrogens is 1. The number of aromatic nitrogens is 1. The number of nitrogens with one attached hydrogen (secondary N) is 1. The van der Waals surface area contributed by atoms with Gasteiger partial charge in [-0.3, -0.25) is 9.69 Å². The van der Waals surface area contributed by atoms with Crippen LogP contribution in [0.4, 0.5) is 0 Å². The molecule has 2 fully saturated rings. The summed E-state index contributed by atoms with van der Waals surface area (Å²) in [6.45, 7) is 2.92. The van der Waals surface area contributed by atoms with Crippen LogP contribution in [0, 0.1) is 11.8 Å². The summed E-state index contributed by atoms with van der Waals surface area (Å²) >= 11 is 0. The van der Waals surface area contributed by atoms with Gasteiger partial charge >= 0.3 is 0 Å². The van der Waals surface area contributed by atoms with E-state index in [9.17, 15) is 4.79 Å². The third-order valence-corrected chi connectivity index (χ3v) is 7.04. The van der Waals surface area contributed by atoms with Crippen molar-refractivity contribution in [1.82, 2.24) is 9.88 Å². The van der Waals surface area contributed by atoms with Gasteiger partial charge in [0.25, 0.3) is 0 Å². The van der Waals surface area contributed by atoms with Gasteiger partial charge in [-0.05, 0) is 42.2 Å². The normalized spacial score (nSPS) is 26.8. The number of fused-ring (bicyclic) bond motifs is 3. The van der Waals surface area contributed by atoms with E-state index in [1.54, 1.807) is 6.07 Å². The van der Waals surface area contributed by atoms with E-state index in [1.807, 2.05) is 19.2 Å². The molecule has 2 heterocycles. The molecule has 1 aromatic heterocycles. The van der Waals surface area contributed by atoms with Crippen molar-refractivity contribution in [2.45, 2.75) is 25.0 Å². The Balaban J connectivity index is 1.43. The zero-order valence-electron chi connectivity index (χ0n) is 16.7. The maximum absolute atomic E-state index is 11.7. The largest absolute Gasteiger partial charge is 0.373 e. The summed E-state index contributed by atoms with van der Waals surface area (Å²) in [5.41, 5.74) is 9.39. The van der Waals surface area contributed by atoms with Gasteiger partial charge in [-0.2, -0.15) is 0 Å². The van der Waals surface area contributed by atoms with Crippen LogP contribution in [-0.2, 0) is 16.9 Å². The summed E-state index contributed by atoms with van der Waals surface area (Å²) in [5, 5.41) is 1.30. The average Bonchev–Trinajstić information content (AvgIpc) is 3.23. The lowest BCUT2D eigenvalue weighted by molar-refractivity contribution is -0.120. The van der Waals surface area contributed by atoms with Crippen molar-refractivity contribution in [3.63, 3.8) is 0 Å². The molecule has 2 aromatic carbocycles. The van der Waals surface area contributed by atoms with Crippen LogP contribution < -0.4 is 5.73 Å². The number of nitrogens with zero attached hydrogens (tertiary/aromatic N) is 1. The lowest BCUT2D eigenvalue weighted by Gasteiger charge is -2.47. The SMILES string of the molecule is COC1(c2cccc(C(N)=O)c2)C2CCC1CN(Cc1c[nH]c3ccccc13)C2. The maximum atomic E-state index is 11.7. The molecule has 1 saturated carbocycles. The molecule has 150 valence electrons. The van der Waals surface area contributed by atoms with Crippen LogP contribution in [0.1, 0.15) is 34.3 Å². The summed E-state index contributed by atoms with van der Waals surface area (Å²) in [6.07, 6.45) is 4.43. The first-order valence-corrected chi connectivity index (χ1v) is 10.3. The fourth-order valence-electron chi connectivity index (χ4n) is 5.79. The standard InChI is InChI=1S/C24H27N3O2/c1-29-24(18-6-4-5-16(11-18)23(25)28)19-9-10-20(24)15-27(14-19)13-17-12-26-22-8-3-2-7-21(17)22/h2-8,11-12,19-20,26H,9-10,13-15H2,1H3,(H2,25,28). The van der Waals surface area contributed by atoms with Crippen molar-refractivity contribution < 1.29 is 9.53 Å². The number of benzene rings is 2. The molecule has 2 aliphatic rings. The number of carbonyl (C=O) groups excluding carboxylic acids is 1. The van der Waals surface area contributed by atoms with Crippen LogP contribution in [0.15, 0.2) is 54.7 Å². The highest BCUT2D eigenvalue weighted by Gasteiger charge is 2.55. The number of aromatic amines is 1. The zero-order chi connectivity index (χ0) is 20.0. The van der Waals surface area contributed by atoms with E-state index >= 15 is 0 Å². The van der Waals surface area contributed by atoms with Crippen LogP contribution in [0.2, 0.25) is 0 Å². The number of carbonyl (C=O) groups is 1. The van der Waals surface area contributed by atoms with Crippen molar-refractivity contribution in [3.05, 3.63) is 71.4 Å². The van der Waals surface area contributed by atoms with Gasteiger partial charge < -0.3 is 15.5 Å². The van der Waals surface area contributed by atoms with Crippen molar-refractivity contribution in [1.29, 1.82) is 0 Å². The molecule has 0 radical (unpaired) electrons. The number of para-hydroxylation sites is 1. The summed E-state index contributed by atoms with van der Waals surface area (Å²) in [7, 11) is 1.82. The van der Waals surface area contributed by atoms with Gasteiger partial charge in [0.2, 0.25) is 5.91 Å². The fourth-order valence-corrected chi connectivity index (χ4v) is 5.79. The highest BCUT2D eigenvalue weighted by Crippen LogP contribution is 2.53. The smallest absolute Gasteiger partial charge is 0.248 e. The molecule has 1 aliphatic carbocycles. The zero-order valence-corrected chi connectivity index (χ0v) is 16.7. The van der Waals surface area contributed by atoms with Gasteiger partial charge in [0.15, 0.2) is 0 Å². The summed E-state index contributed by atoms with van der Waals surface area (Å²) in [4.78, 5) is 17.7. The molecule has 1 aliphatic heterocycles. The molecule has 3 N–H and O–H groups in total. The summed E-state index contributed by atoms with van der Waals surface area (Å²) in [5.74, 6) is 0.418. The Hall–Kier alpha value is -2.63. The number of rotatable bonds is 5. The number of hydrogen-bond acceptors (Lipinski definition) is 3. The molecule has 5 nitrogen and oxygen atoms in total. The first kappa shape index (κ1) is 18.4. The highest BCUT2D eigenvalue weighted by molar-refractivity contribution is 5.93. The third kappa shape index (κ3) is 2.88. The second kappa shape index (κ2) is 7.01. The molecule has 1 saturated heterocycles. The number of hydrogen-bond donors (Lipinski definition) is 2. The lowest BCUT2D eigenvalue weighted by Crippen LogP contribution is -2.52.